The Hall–Kier alpha value is -0.880. The monoisotopic (exact) mass is 176 g/mol. The molecule has 0 saturated carbocycles. The van der Waals surface area contributed by atoms with Gasteiger partial charge in [-0.15, -0.1) is 11.3 Å². The number of anilines is 1. The van der Waals surface area contributed by atoms with E-state index >= 15 is 0 Å². The van der Waals surface area contributed by atoms with Gasteiger partial charge in [-0.25, -0.2) is 4.98 Å². The Bertz CT molecular complexity index is 179. The molecule has 0 aliphatic heterocycles. The normalized spacial score (nSPS) is 7.60. The van der Waals surface area contributed by atoms with Crippen LogP contribution in [0.4, 0.5) is 5.13 Å². The van der Waals surface area contributed by atoms with E-state index in [1.807, 2.05) is 5.38 Å². The van der Waals surface area contributed by atoms with Crippen molar-refractivity contribution in [1.82, 2.24) is 4.98 Å². The van der Waals surface area contributed by atoms with E-state index in [9.17, 15) is 0 Å². The largest absolute Gasteiger partial charge is 0.377 e. The number of aromatic nitrogens is 1. The van der Waals surface area contributed by atoms with Gasteiger partial charge in [0, 0.05) is 11.6 Å². The molecule has 1 heterocycles. The van der Waals surface area contributed by atoms with E-state index in [0.29, 0.717) is 5.13 Å². The number of thiazole rings is 1. The molecule has 1 rings (SSSR count). The first-order chi connectivity index (χ1) is 4.63. The second-order valence-corrected chi connectivity index (χ2v) is 2.67. The zero-order valence-corrected chi connectivity index (χ0v) is 6.78. The van der Waals surface area contributed by atoms with Crippen molar-refractivity contribution in [3.05, 3.63) is 11.6 Å². The van der Waals surface area contributed by atoms with Gasteiger partial charge < -0.3 is 17.2 Å². The smallest absolute Gasteiger partial charge is 0.179 e. The second-order valence-electron chi connectivity index (χ2n) is 1.27. The Morgan fingerprint density at radius 2 is 2.10 bits per heavy atom. The van der Waals surface area contributed by atoms with Gasteiger partial charge in [0.1, 0.15) is 0 Å². The maximum Gasteiger partial charge on any atom is 0.179 e. The van der Waals surface area contributed by atoms with E-state index in [0.717, 1.165) is 0 Å². The molecular weight excluding hydrogens is 168 g/mol. The molecule has 0 bridgehead atoms. The predicted octanol–water partition coefficient (Wildman–Crippen LogP) is -0.0860. The fraction of sp³-hybridized carbons (Fsp3) is 0. The minimum absolute atomic E-state index is 0.000000000000000222. The van der Waals surface area contributed by atoms with Crippen molar-refractivity contribution < 1.29 is 0 Å². The van der Waals surface area contributed by atoms with Crippen LogP contribution in [0.5, 0.6) is 0 Å². The molecule has 6 heteroatoms. The Morgan fingerprint density at radius 3 is 2.20 bits per heavy atom. The topological polar surface area (TPSA) is 91.0 Å². The Labute approximate surface area is 68.0 Å². The molecule has 0 atom stereocenters. The number of rotatable bonds is 0. The van der Waals surface area contributed by atoms with E-state index in [4.69, 9.17) is 5.73 Å². The minimum atomic E-state index is 0.000000000000000222. The highest BCUT2D eigenvalue weighted by atomic mass is 32.1. The SMILES string of the molecule is NC(N)=S.Nc1nccs1. The molecule has 0 fully saturated rings. The Kier molecular flexibility index (Phi) is 4.51. The van der Waals surface area contributed by atoms with Crippen molar-refractivity contribution in [1.29, 1.82) is 0 Å². The average molecular weight is 176 g/mol. The summed E-state index contributed by atoms with van der Waals surface area (Å²) < 4.78 is 0. The van der Waals surface area contributed by atoms with Crippen LogP contribution >= 0.6 is 23.6 Å². The summed E-state index contributed by atoms with van der Waals surface area (Å²) in [6, 6.07) is 0. The van der Waals surface area contributed by atoms with Crippen molar-refractivity contribution >= 4 is 33.8 Å². The van der Waals surface area contributed by atoms with Gasteiger partial charge in [-0.2, -0.15) is 0 Å². The fourth-order valence-corrected chi connectivity index (χ4v) is 0.617. The number of hydrogen-bond donors (Lipinski definition) is 3. The molecular formula is C4H8N4S2. The lowest BCUT2D eigenvalue weighted by atomic mass is 11.0. The molecule has 56 valence electrons. The van der Waals surface area contributed by atoms with E-state index in [2.05, 4.69) is 28.7 Å². The van der Waals surface area contributed by atoms with Gasteiger partial charge in [-0.1, -0.05) is 0 Å². The summed E-state index contributed by atoms with van der Waals surface area (Å²) in [6.07, 6.45) is 1.68. The average Bonchev–Trinajstić information content (AvgIpc) is 2.15. The van der Waals surface area contributed by atoms with E-state index in [-0.39, 0.29) is 5.11 Å². The highest BCUT2D eigenvalue weighted by molar-refractivity contribution is 7.80. The van der Waals surface area contributed by atoms with Crippen LogP contribution in [-0.4, -0.2) is 10.1 Å². The van der Waals surface area contributed by atoms with Gasteiger partial charge >= 0.3 is 0 Å². The van der Waals surface area contributed by atoms with Gasteiger partial charge in [0.15, 0.2) is 10.2 Å². The van der Waals surface area contributed by atoms with Crippen molar-refractivity contribution in [2.45, 2.75) is 0 Å². The Morgan fingerprint density at radius 1 is 1.60 bits per heavy atom. The molecule has 4 nitrogen and oxygen atoms in total. The zero-order valence-electron chi connectivity index (χ0n) is 5.15. The first-order valence-corrected chi connectivity index (χ1v) is 3.61. The van der Waals surface area contributed by atoms with Gasteiger partial charge in [0.25, 0.3) is 0 Å². The minimum Gasteiger partial charge on any atom is -0.377 e. The van der Waals surface area contributed by atoms with Crippen LogP contribution in [0.3, 0.4) is 0 Å². The second kappa shape index (κ2) is 4.95. The van der Waals surface area contributed by atoms with Crippen molar-refractivity contribution in [3.63, 3.8) is 0 Å². The molecule has 0 aliphatic carbocycles. The van der Waals surface area contributed by atoms with Crippen LogP contribution in [-0.2, 0) is 0 Å². The summed E-state index contributed by atoms with van der Waals surface area (Å²) in [5.74, 6) is 0. The van der Waals surface area contributed by atoms with Crippen molar-refractivity contribution in [2.75, 3.05) is 5.73 Å². The third kappa shape index (κ3) is 7.12. The molecule has 1 aromatic rings. The summed E-state index contributed by atoms with van der Waals surface area (Å²) in [7, 11) is 0. The fourth-order valence-electron chi connectivity index (χ4n) is 0.234. The predicted molar refractivity (Wildman–Crippen MR) is 47.5 cm³/mol. The maximum atomic E-state index is 5.19. The third-order valence-electron chi connectivity index (χ3n) is 0.451. The van der Waals surface area contributed by atoms with Crippen molar-refractivity contribution in [3.8, 4) is 0 Å². The quantitative estimate of drug-likeness (QED) is 0.481. The van der Waals surface area contributed by atoms with Crippen LogP contribution < -0.4 is 17.2 Å². The lowest BCUT2D eigenvalue weighted by molar-refractivity contribution is 1.43. The molecule has 10 heavy (non-hydrogen) atoms. The molecule has 0 aliphatic rings. The first-order valence-electron chi connectivity index (χ1n) is 2.33. The summed E-state index contributed by atoms with van der Waals surface area (Å²) in [5.41, 5.74) is 14.4. The third-order valence-corrected chi connectivity index (χ3v) is 1.06. The summed E-state index contributed by atoms with van der Waals surface area (Å²) in [6.45, 7) is 0. The number of nitrogen functional groups attached to an aromatic ring is 1. The number of nitrogens with zero attached hydrogens (tertiary/aromatic N) is 1. The standard InChI is InChI=1S/C3H4N2S.CH4N2S/c4-3-5-1-2-6-3;2-1(3)4/h1-2H,(H2,4,5);(H4,2,3,4). The lowest BCUT2D eigenvalue weighted by Gasteiger charge is -1.68. The molecule has 6 N–H and O–H groups in total. The number of nitrogens with two attached hydrogens (primary N) is 3. The van der Waals surface area contributed by atoms with Crippen LogP contribution in [0, 0.1) is 0 Å². The van der Waals surface area contributed by atoms with Gasteiger partial charge in [-0.3, -0.25) is 0 Å². The number of hydrogen-bond acceptors (Lipinski definition) is 4. The highest BCUT2D eigenvalue weighted by Crippen LogP contribution is 2.02. The van der Waals surface area contributed by atoms with Crippen LogP contribution in [0.1, 0.15) is 0 Å². The van der Waals surface area contributed by atoms with E-state index in [1.54, 1.807) is 6.20 Å². The summed E-state index contributed by atoms with van der Waals surface area (Å²) in [5, 5.41) is 2.48. The van der Waals surface area contributed by atoms with Crippen molar-refractivity contribution in [2.24, 2.45) is 11.5 Å². The van der Waals surface area contributed by atoms with E-state index < -0.39 is 0 Å². The maximum absolute atomic E-state index is 5.19. The lowest BCUT2D eigenvalue weighted by Crippen LogP contribution is -2.18. The molecule has 0 amide bonds. The van der Waals surface area contributed by atoms with Crippen LogP contribution in [0.2, 0.25) is 0 Å². The molecule has 0 radical (unpaired) electrons. The molecule has 0 saturated heterocycles. The zero-order chi connectivity index (χ0) is 7.98. The summed E-state index contributed by atoms with van der Waals surface area (Å²) in [4.78, 5) is 3.71. The van der Waals surface area contributed by atoms with E-state index in [1.165, 1.54) is 11.3 Å². The molecule has 0 unspecified atom stereocenters. The van der Waals surface area contributed by atoms with Gasteiger partial charge in [0.2, 0.25) is 0 Å². The van der Waals surface area contributed by atoms with Crippen LogP contribution in [0.25, 0.3) is 0 Å². The highest BCUT2D eigenvalue weighted by Gasteiger charge is 1.76. The molecule has 1 aromatic heterocycles. The van der Waals surface area contributed by atoms with Gasteiger partial charge in [-0.05, 0) is 12.2 Å². The van der Waals surface area contributed by atoms with Gasteiger partial charge in [0.05, 0.1) is 0 Å². The Balaban J connectivity index is 0.000000180. The molecule has 0 aromatic carbocycles. The van der Waals surface area contributed by atoms with Crippen LogP contribution in [0.15, 0.2) is 11.6 Å². The summed E-state index contributed by atoms with van der Waals surface area (Å²) >= 11 is 5.54. The number of thiocarbonyl (C=S) groups is 1. The first kappa shape index (κ1) is 9.12. The molecule has 0 spiro atoms.